The Hall–Kier alpha value is -2.38. The van der Waals surface area contributed by atoms with Crippen molar-refractivity contribution in [2.24, 2.45) is 0 Å². The highest BCUT2D eigenvalue weighted by Crippen LogP contribution is 2.29. The summed E-state index contributed by atoms with van der Waals surface area (Å²) in [5.74, 6) is -0.162. The van der Waals surface area contributed by atoms with Crippen molar-refractivity contribution >= 4 is 34.4 Å². The van der Waals surface area contributed by atoms with Gasteiger partial charge in [-0.1, -0.05) is 11.9 Å². The number of rotatable bonds is 3. The highest BCUT2D eigenvalue weighted by molar-refractivity contribution is 7.96. The summed E-state index contributed by atoms with van der Waals surface area (Å²) < 4.78 is 17.0. The van der Waals surface area contributed by atoms with E-state index in [1.165, 1.54) is 12.1 Å². The summed E-state index contributed by atoms with van der Waals surface area (Å²) in [6.07, 6.45) is 3.77. The molecule has 0 aliphatic carbocycles. The van der Waals surface area contributed by atoms with E-state index in [2.05, 4.69) is 9.40 Å². The summed E-state index contributed by atoms with van der Waals surface area (Å²) in [7, 11) is 0. The molecule has 0 radical (unpaired) electrons. The van der Waals surface area contributed by atoms with Gasteiger partial charge in [-0.05, 0) is 55.1 Å². The molecule has 2 heterocycles. The van der Waals surface area contributed by atoms with Gasteiger partial charge >= 0.3 is 0 Å². The molecule has 1 amide bonds. The molecule has 0 unspecified atom stereocenters. The summed E-state index contributed by atoms with van der Waals surface area (Å²) in [6.45, 7) is 3.95. The maximum absolute atomic E-state index is 13.2. The van der Waals surface area contributed by atoms with Crippen molar-refractivity contribution < 1.29 is 9.18 Å². The molecule has 0 N–H and O–H groups in total. The first kappa shape index (κ1) is 17.1. The van der Waals surface area contributed by atoms with E-state index in [9.17, 15) is 9.18 Å². The van der Waals surface area contributed by atoms with E-state index in [0.717, 1.165) is 34.4 Å². The van der Waals surface area contributed by atoms with Gasteiger partial charge in [-0.2, -0.15) is 5.10 Å². The lowest BCUT2D eigenvalue weighted by atomic mass is 10.1. The molecule has 3 aromatic rings. The number of carbonyl (C=O) groups is 1. The average Bonchev–Trinajstić information content (AvgIpc) is 3.04. The van der Waals surface area contributed by atoms with Crippen LogP contribution in [0.25, 0.3) is 16.6 Å². The lowest BCUT2D eigenvalue weighted by Crippen LogP contribution is -2.48. The quantitative estimate of drug-likeness (QED) is 0.663. The SMILES string of the molecule is CSN1CCN(c2cc3cnn(-c4ccc(F)cc4)c3cc2C)C(=O)C1. The molecule has 2 aromatic carbocycles. The minimum Gasteiger partial charge on any atom is -0.310 e. The fourth-order valence-electron chi connectivity index (χ4n) is 3.31. The lowest BCUT2D eigenvalue weighted by Gasteiger charge is -2.33. The zero-order valence-electron chi connectivity index (χ0n) is 14.6. The first-order valence-corrected chi connectivity index (χ1v) is 9.59. The van der Waals surface area contributed by atoms with Crippen molar-refractivity contribution in [3.8, 4) is 5.69 Å². The number of anilines is 1. The largest absolute Gasteiger partial charge is 0.310 e. The number of aromatic nitrogens is 2. The number of aryl methyl sites for hydroxylation is 1. The fraction of sp³-hybridized carbons (Fsp3) is 0.263. The molecule has 1 fully saturated rings. The Morgan fingerprint density at radius 3 is 2.62 bits per heavy atom. The molecular formula is C19H19FN4OS. The van der Waals surface area contributed by atoms with Crippen LogP contribution in [-0.2, 0) is 4.79 Å². The maximum atomic E-state index is 13.2. The van der Waals surface area contributed by atoms with Gasteiger partial charge in [-0.25, -0.2) is 13.4 Å². The summed E-state index contributed by atoms with van der Waals surface area (Å²) in [6, 6.07) is 10.3. The first-order valence-electron chi connectivity index (χ1n) is 8.40. The van der Waals surface area contributed by atoms with E-state index < -0.39 is 0 Å². The summed E-state index contributed by atoms with van der Waals surface area (Å²) in [5, 5.41) is 5.40. The van der Waals surface area contributed by atoms with Gasteiger partial charge in [0.05, 0.1) is 23.9 Å². The smallest absolute Gasteiger partial charge is 0.242 e. The monoisotopic (exact) mass is 370 g/mol. The van der Waals surface area contributed by atoms with Crippen molar-refractivity contribution in [3.05, 3.63) is 54.0 Å². The van der Waals surface area contributed by atoms with Crippen LogP contribution in [0.15, 0.2) is 42.6 Å². The molecule has 5 nitrogen and oxygen atoms in total. The summed E-state index contributed by atoms with van der Waals surface area (Å²) >= 11 is 1.60. The molecule has 0 saturated carbocycles. The number of halogens is 1. The van der Waals surface area contributed by atoms with Crippen molar-refractivity contribution in [1.29, 1.82) is 0 Å². The van der Waals surface area contributed by atoms with Gasteiger partial charge in [0.15, 0.2) is 0 Å². The molecule has 1 saturated heterocycles. The number of fused-ring (bicyclic) bond motifs is 1. The van der Waals surface area contributed by atoms with Gasteiger partial charge in [-0.3, -0.25) is 4.79 Å². The molecule has 7 heteroatoms. The van der Waals surface area contributed by atoms with Gasteiger partial charge in [0, 0.05) is 24.2 Å². The van der Waals surface area contributed by atoms with Crippen molar-refractivity contribution in [3.63, 3.8) is 0 Å². The van der Waals surface area contributed by atoms with Gasteiger partial charge < -0.3 is 4.90 Å². The molecule has 26 heavy (non-hydrogen) atoms. The molecule has 0 atom stereocenters. The maximum Gasteiger partial charge on any atom is 0.242 e. The van der Waals surface area contributed by atoms with Crippen LogP contribution >= 0.6 is 11.9 Å². The van der Waals surface area contributed by atoms with Gasteiger partial charge in [0.25, 0.3) is 0 Å². The summed E-state index contributed by atoms with van der Waals surface area (Å²) in [5.41, 5.74) is 3.69. The van der Waals surface area contributed by atoms with E-state index in [4.69, 9.17) is 0 Å². The number of hydrogen-bond acceptors (Lipinski definition) is 4. The van der Waals surface area contributed by atoms with Gasteiger partial charge in [0.1, 0.15) is 5.82 Å². The Kier molecular flexibility index (Phi) is 4.42. The molecule has 1 aliphatic heterocycles. The number of piperazine rings is 1. The first-order chi connectivity index (χ1) is 12.6. The third-order valence-electron chi connectivity index (χ3n) is 4.69. The zero-order chi connectivity index (χ0) is 18.3. The van der Waals surface area contributed by atoms with Crippen LogP contribution in [0.4, 0.5) is 10.1 Å². The van der Waals surface area contributed by atoms with Gasteiger partial charge in [0.2, 0.25) is 5.91 Å². The predicted octanol–water partition coefficient (Wildman–Crippen LogP) is 3.40. The topological polar surface area (TPSA) is 41.4 Å². The fourth-order valence-corrected chi connectivity index (χ4v) is 3.81. The highest BCUT2D eigenvalue weighted by atomic mass is 32.2. The third kappa shape index (κ3) is 2.97. The minimum atomic E-state index is -0.272. The summed E-state index contributed by atoms with van der Waals surface area (Å²) in [4.78, 5) is 14.4. The lowest BCUT2D eigenvalue weighted by molar-refractivity contribution is -0.119. The second-order valence-corrected chi connectivity index (χ2v) is 7.20. The molecule has 0 bridgehead atoms. The van der Waals surface area contributed by atoms with Crippen LogP contribution in [0.5, 0.6) is 0 Å². The zero-order valence-corrected chi connectivity index (χ0v) is 15.5. The van der Waals surface area contributed by atoms with E-state index in [-0.39, 0.29) is 11.7 Å². The molecular weight excluding hydrogens is 351 g/mol. The average molecular weight is 370 g/mol. The molecule has 0 spiro atoms. The molecule has 4 rings (SSSR count). The number of carbonyl (C=O) groups excluding carboxylic acids is 1. The molecule has 1 aliphatic rings. The highest BCUT2D eigenvalue weighted by Gasteiger charge is 2.26. The van der Waals surface area contributed by atoms with E-state index in [1.54, 1.807) is 35.0 Å². The van der Waals surface area contributed by atoms with Crippen LogP contribution in [0, 0.1) is 12.7 Å². The Labute approximate surface area is 155 Å². The predicted molar refractivity (Wildman–Crippen MR) is 103 cm³/mol. The van der Waals surface area contributed by atoms with Crippen LogP contribution < -0.4 is 4.90 Å². The van der Waals surface area contributed by atoms with E-state index >= 15 is 0 Å². The standard InChI is InChI=1S/C19H19FN4OS/c1-13-9-18-14(11-21-24(18)16-5-3-15(20)4-6-16)10-17(13)23-8-7-22(26-2)12-19(23)25/h3-6,9-11H,7-8,12H2,1-2H3. The Morgan fingerprint density at radius 2 is 1.92 bits per heavy atom. The Bertz CT molecular complexity index is 970. The van der Waals surface area contributed by atoms with Crippen molar-refractivity contribution in [1.82, 2.24) is 14.1 Å². The van der Waals surface area contributed by atoms with Crippen LogP contribution in [0.2, 0.25) is 0 Å². The number of benzene rings is 2. The second kappa shape index (κ2) is 6.74. The normalized spacial score (nSPS) is 15.8. The Morgan fingerprint density at radius 1 is 1.15 bits per heavy atom. The van der Waals surface area contributed by atoms with E-state index in [0.29, 0.717) is 13.1 Å². The van der Waals surface area contributed by atoms with Crippen LogP contribution in [-0.4, -0.2) is 45.9 Å². The van der Waals surface area contributed by atoms with E-state index in [1.807, 2.05) is 30.2 Å². The van der Waals surface area contributed by atoms with Crippen LogP contribution in [0.3, 0.4) is 0 Å². The number of hydrogen-bond donors (Lipinski definition) is 0. The van der Waals surface area contributed by atoms with Gasteiger partial charge in [-0.15, -0.1) is 0 Å². The molecule has 134 valence electrons. The second-order valence-electron chi connectivity index (χ2n) is 6.32. The molecule has 1 aromatic heterocycles. The Balaban J connectivity index is 1.72. The van der Waals surface area contributed by atoms with Crippen molar-refractivity contribution in [2.75, 3.05) is 30.8 Å². The van der Waals surface area contributed by atoms with Crippen LogP contribution in [0.1, 0.15) is 5.56 Å². The van der Waals surface area contributed by atoms with Crippen molar-refractivity contribution in [2.45, 2.75) is 6.92 Å². The number of nitrogens with zero attached hydrogens (tertiary/aromatic N) is 4. The number of amides is 1. The minimum absolute atomic E-state index is 0.110. The third-order valence-corrected chi connectivity index (χ3v) is 5.52.